The van der Waals surface area contributed by atoms with E-state index in [1.54, 1.807) is 17.7 Å². The first-order chi connectivity index (χ1) is 21.9. The molecule has 0 radical (unpaired) electrons. The van der Waals surface area contributed by atoms with Crippen molar-refractivity contribution < 1.29 is 13.9 Å². The molecule has 2 aliphatic heterocycles. The zero-order chi connectivity index (χ0) is 31.9. The molecule has 8 nitrogen and oxygen atoms in total. The van der Waals surface area contributed by atoms with Crippen molar-refractivity contribution in [1.82, 2.24) is 20.1 Å². The van der Waals surface area contributed by atoms with Crippen molar-refractivity contribution in [2.24, 2.45) is 0 Å². The van der Waals surface area contributed by atoms with Crippen LogP contribution in [-0.2, 0) is 0 Å². The molecule has 0 bridgehead atoms. The third-order valence-corrected chi connectivity index (χ3v) is 8.69. The van der Waals surface area contributed by atoms with E-state index in [4.69, 9.17) is 4.74 Å². The predicted molar refractivity (Wildman–Crippen MR) is 182 cm³/mol. The summed E-state index contributed by atoms with van der Waals surface area (Å²) in [4.78, 5) is 28.6. The highest BCUT2D eigenvalue weighted by Crippen LogP contribution is 2.46. The number of amides is 1. The molecular formula is C36H46FN5O3. The van der Waals surface area contributed by atoms with E-state index >= 15 is 4.39 Å². The van der Waals surface area contributed by atoms with Crippen LogP contribution in [-0.4, -0.2) is 61.2 Å². The zero-order valence-corrected chi connectivity index (χ0v) is 27.0. The third kappa shape index (κ3) is 7.15. The first-order valence-electron chi connectivity index (χ1n) is 16.4. The molecule has 1 aromatic heterocycles. The molecule has 1 amide bonds. The molecule has 0 aliphatic carbocycles. The minimum Gasteiger partial charge on any atom is -0.451 e. The summed E-state index contributed by atoms with van der Waals surface area (Å²) in [6.07, 6.45) is 8.56. The van der Waals surface area contributed by atoms with Crippen LogP contribution in [0, 0.1) is 5.82 Å². The van der Waals surface area contributed by atoms with Crippen molar-refractivity contribution >= 4 is 33.3 Å². The van der Waals surface area contributed by atoms with Crippen molar-refractivity contribution in [2.75, 3.05) is 45.1 Å². The topological polar surface area (TPSA) is 87.6 Å². The van der Waals surface area contributed by atoms with Gasteiger partial charge in [-0.3, -0.25) is 9.59 Å². The van der Waals surface area contributed by atoms with Gasteiger partial charge in [-0.2, -0.15) is 0 Å². The molecule has 1 saturated heterocycles. The number of rotatable bonds is 11. The average molecular weight is 616 g/mol. The van der Waals surface area contributed by atoms with Crippen LogP contribution < -0.4 is 26.1 Å². The van der Waals surface area contributed by atoms with Gasteiger partial charge in [0.05, 0.1) is 11.1 Å². The van der Waals surface area contributed by atoms with Gasteiger partial charge in [-0.1, -0.05) is 37.6 Å². The Kier molecular flexibility index (Phi) is 10.7. The fourth-order valence-electron chi connectivity index (χ4n) is 6.14. The van der Waals surface area contributed by atoms with E-state index in [1.807, 2.05) is 43.4 Å². The van der Waals surface area contributed by atoms with Gasteiger partial charge in [0.15, 0.2) is 17.3 Å². The normalized spacial score (nSPS) is 14.4. The van der Waals surface area contributed by atoms with E-state index in [0.717, 1.165) is 43.2 Å². The molecule has 45 heavy (non-hydrogen) atoms. The van der Waals surface area contributed by atoms with Crippen LogP contribution >= 0.6 is 0 Å². The van der Waals surface area contributed by atoms with Gasteiger partial charge in [-0.15, -0.1) is 0 Å². The fourth-order valence-corrected chi connectivity index (χ4v) is 6.14. The number of nitrogens with zero attached hydrogens (tertiary/aromatic N) is 2. The Morgan fingerprint density at radius 1 is 1.07 bits per heavy atom. The Morgan fingerprint density at radius 2 is 1.80 bits per heavy atom. The lowest BCUT2D eigenvalue weighted by Gasteiger charge is -2.26. The van der Waals surface area contributed by atoms with E-state index in [1.165, 1.54) is 31.7 Å². The Labute approximate surface area is 264 Å². The molecule has 240 valence electrons. The summed E-state index contributed by atoms with van der Waals surface area (Å²) in [6.45, 7) is 10.5. The summed E-state index contributed by atoms with van der Waals surface area (Å²) in [5.74, 6) is -0.264. The molecule has 1 atom stereocenters. The molecule has 1 unspecified atom stereocenters. The highest BCUT2D eigenvalue weighted by molar-refractivity contribution is 6.02. The van der Waals surface area contributed by atoms with Crippen LogP contribution in [0.1, 0.15) is 69.7 Å². The zero-order valence-electron chi connectivity index (χ0n) is 27.0. The number of carbonyl (C=O) groups excluding carboxylic acids is 1. The first kappa shape index (κ1) is 32.4. The van der Waals surface area contributed by atoms with Crippen molar-refractivity contribution in [2.45, 2.75) is 65.3 Å². The highest BCUT2D eigenvalue weighted by atomic mass is 19.1. The van der Waals surface area contributed by atoms with Gasteiger partial charge in [-0.05, 0) is 102 Å². The van der Waals surface area contributed by atoms with Crippen LogP contribution in [0.5, 0.6) is 11.5 Å². The monoisotopic (exact) mass is 615 g/mol. The summed E-state index contributed by atoms with van der Waals surface area (Å²) in [5, 5.41) is 11.2. The van der Waals surface area contributed by atoms with Gasteiger partial charge in [0.25, 0.3) is 5.91 Å². The van der Waals surface area contributed by atoms with E-state index < -0.39 is 17.2 Å². The van der Waals surface area contributed by atoms with Gasteiger partial charge in [-0.25, -0.2) is 4.39 Å². The van der Waals surface area contributed by atoms with Crippen LogP contribution in [0.2, 0.25) is 0 Å². The number of fused-ring (bicyclic) bond motifs is 3. The maximum Gasteiger partial charge on any atom is 0.256 e. The Balaban J connectivity index is 0.000000515. The highest BCUT2D eigenvalue weighted by Gasteiger charge is 2.28. The van der Waals surface area contributed by atoms with Gasteiger partial charge >= 0.3 is 0 Å². The molecule has 0 saturated carbocycles. The van der Waals surface area contributed by atoms with Gasteiger partial charge < -0.3 is 30.2 Å². The summed E-state index contributed by atoms with van der Waals surface area (Å²) < 4.78 is 23.7. The van der Waals surface area contributed by atoms with Crippen molar-refractivity contribution in [3.05, 3.63) is 70.3 Å². The van der Waals surface area contributed by atoms with E-state index in [2.05, 4.69) is 34.7 Å². The lowest BCUT2D eigenvalue weighted by Crippen LogP contribution is -2.30. The minimum atomic E-state index is -0.576. The third-order valence-electron chi connectivity index (χ3n) is 8.69. The molecule has 6 rings (SSSR count). The Bertz CT molecular complexity index is 1710. The second-order valence-electron chi connectivity index (χ2n) is 12.0. The van der Waals surface area contributed by atoms with Crippen molar-refractivity contribution in [3.63, 3.8) is 0 Å². The number of carbonyl (C=O) groups is 1. The van der Waals surface area contributed by atoms with Gasteiger partial charge in [0.2, 0.25) is 5.43 Å². The van der Waals surface area contributed by atoms with E-state index in [0.29, 0.717) is 36.1 Å². The number of likely N-dealkylation sites (tertiary alicyclic amines) is 1. The number of benzene rings is 3. The first-order valence-corrected chi connectivity index (χ1v) is 16.4. The second-order valence-corrected chi connectivity index (χ2v) is 12.0. The standard InChI is InChI=1S/C30H31FN4O3.C6H15N/c1-2-32-30(37)22-18-35-24-15-19-9-3-4-10-20(19)16-25(24)38-29-26(23(31)17-21(27(29)35)28(22)36)33-11-5-6-12-34-13-7-8-14-34;1-4-5-6(2)7-3/h3-4,9-10,15-18,33H,2,5-8,11-14H2,1H3,(H,32,37);6-7H,4-5H2,1-3H3. The summed E-state index contributed by atoms with van der Waals surface area (Å²) in [5.41, 5.74) is 0.818. The van der Waals surface area contributed by atoms with Gasteiger partial charge in [0.1, 0.15) is 16.8 Å². The maximum absolute atomic E-state index is 15.6. The van der Waals surface area contributed by atoms with Crippen molar-refractivity contribution in [3.8, 4) is 17.2 Å². The number of halogens is 1. The molecule has 3 N–H and O–H groups in total. The molecule has 9 heteroatoms. The number of nitrogens with one attached hydrogen (secondary N) is 3. The predicted octanol–water partition coefficient (Wildman–Crippen LogP) is 6.82. The van der Waals surface area contributed by atoms with Crippen LogP contribution in [0.15, 0.2) is 53.5 Å². The minimum absolute atomic E-state index is 0.0340. The SMILES string of the molecule is CCCC(C)NC.CCNC(=O)c1cn2c3c(c(NCCCCN4CCCC4)c(F)cc3c1=O)Oc1cc3ccccc3cc1-2. The molecule has 0 spiro atoms. The largest absolute Gasteiger partial charge is 0.451 e. The van der Waals surface area contributed by atoms with E-state index in [9.17, 15) is 9.59 Å². The van der Waals surface area contributed by atoms with Crippen LogP contribution in [0.3, 0.4) is 0 Å². The molecule has 4 aromatic rings. The number of hydrogen-bond acceptors (Lipinski definition) is 6. The molecule has 3 aromatic carbocycles. The summed E-state index contributed by atoms with van der Waals surface area (Å²) in [6, 6.07) is 13.7. The molecule has 3 heterocycles. The maximum atomic E-state index is 15.6. The van der Waals surface area contributed by atoms with Gasteiger partial charge in [0, 0.05) is 25.3 Å². The van der Waals surface area contributed by atoms with Crippen molar-refractivity contribution in [1.29, 1.82) is 0 Å². The Hall–Kier alpha value is -3.95. The molecular weight excluding hydrogens is 569 g/mol. The fraction of sp³-hybridized carbons (Fsp3) is 0.444. The summed E-state index contributed by atoms with van der Waals surface area (Å²) >= 11 is 0. The number of pyridine rings is 1. The Morgan fingerprint density at radius 3 is 2.47 bits per heavy atom. The summed E-state index contributed by atoms with van der Waals surface area (Å²) in [7, 11) is 2.00. The number of aromatic nitrogens is 1. The lowest BCUT2D eigenvalue weighted by molar-refractivity contribution is 0.0954. The number of anilines is 1. The number of ether oxygens (including phenoxy) is 1. The average Bonchev–Trinajstić information content (AvgIpc) is 3.56. The quantitative estimate of drug-likeness (QED) is 0.141. The molecule has 2 aliphatic rings. The van der Waals surface area contributed by atoms with Crippen LogP contribution in [0.4, 0.5) is 10.1 Å². The second kappa shape index (κ2) is 14.9. The lowest BCUT2D eigenvalue weighted by atomic mass is 10.0. The van der Waals surface area contributed by atoms with E-state index in [-0.39, 0.29) is 22.4 Å². The molecule has 1 fully saturated rings. The van der Waals surface area contributed by atoms with Crippen LogP contribution in [0.25, 0.3) is 27.4 Å². The smallest absolute Gasteiger partial charge is 0.256 e. The number of hydrogen-bond donors (Lipinski definition) is 3. The number of unbranched alkanes of at least 4 members (excludes halogenated alkanes) is 1.